The van der Waals surface area contributed by atoms with Crippen LogP contribution in [0.5, 0.6) is 0 Å². The van der Waals surface area contributed by atoms with Crippen molar-refractivity contribution in [2.75, 3.05) is 18.4 Å². The van der Waals surface area contributed by atoms with E-state index in [9.17, 15) is 14.4 Å². The minimum Gasteiger partial charge on any atom is -0.355 e. The lowest BCUT2D eigenvalue weighted by molar-refractivity contribution is -0.120. The van der Waals surface area contributed by atoms with Gasteiger partial charge in [-0.2, -0.15) is 0 Å². The lowest BCUT2D eigenvalue weighted by atomic mass is 10.2. The van der Waals surface area contributed by atoms with Crippen molar-refractivity contribution in [2.24, 2.45) is 0 Å². The fourth-order valence-corrected chi connectivity index (χ4v) is 1.90. The topological polar surface area (TPSA) is 99.3 Å². The van der Waals surface area contributed by atoms with Gasteiger partial charge in [-0.25, -0.2) is 4.79 Å². The summed E-state index contributed by atoms with van der Waals surface area (Å²) in [5, 5.41) is 10.6. The summed E-state index contributed by atoms with van der Waals surface area (Å²) in [6.07, 6.45) is 2.88. The van der Waals surface area contributed by atoms with Crippen LogP contribution in [0.15, 0.2) is 24.3 Å². The molecule has 0 aromatic heterocycles. The Labute approximate surface area is 135 Å². The van der Waals surface area contributed by atoms with Crippen molar-refractivity contribution in [3.63, 3.8) is 0 Å². The number of carbonyl (C=O) groups excluding carboxylic acids is 3. The van der Waals surface area contributed by atoms with Crippen molar-refractivity contribution in [3.8, 4) is 0 Å². The van der Waals surface area contributed by atoms with Crippen LogP contribution in [0.1, 0.15) is 36.5 Å². The Morgan fingerprint density at radius 3 is 2.65 bits per heavy atom. The summed E-state index contributed by atoms with van der Waals surface area (Å²) in [4.78, 5) is 35.1. The second-order valence-electron chi connectivity index (χ2n) is 5.49. The Kier molecular flexibility index (Phi) is 5.96. The number of hydrogen-bond acceptors (Lipinski definition) is 3. The van der Waals surface area contributed by atoms with Gasteiger partial charge in [0.2, 0.25) is 5.91 Å². The van der Waals surface area contributed by atoms with E-state index in [0.29, 0.717) is 17.8 Å². The maximum Gasteiger partial charge on any atom is 0.319 e. The van der Waals surface area contributed by atoms with E-state index in [1.54, 1.807) is 24.3 Å². The van der Waals surface area contributed by atoms with Crippen LogP contribution in [-0.4, -0.2) is 37.0 Å². The summed E-state index contributed by atoms with van der Waals surface area (Å²) in [6, 6.07) is 6.48. The summed E-state index contributed by atoms with van der Waals surface area (Å²) >= 11 is 0. The molecule has 7 heteroatoms. The molecule has 1 aromatic carbocycles. The Balaban J connectivity index is 1.80. The molecule has 0 aliphatic heterocycles. The number of urea groups is 1. The second kappa shape index (κ2) is 8.17. The number of hydrogen-bond donors (Lipinski definition) is 4. The first-order valence-corrected chi connectivity index (χ1v) is 7.81. The fraction of sp³-hybridized carbons (Fsp3) is 0.438. The van der Waals surface area contributed by atoms with Crippen LogP contribution in [0.3, 0.4) is 0 Å². The van der Waals surface area contributed by atoms with Crippen molar-refractivity contribution < 1.29 is 14.4 Å². The largest absolute Gasteiger partial charge is 0.355 e. The van der Waals surface area contributed by atoms with Gasteiger partial charge >= 0.3 is 6.03 Å². The van der Waals surface area contributed by atoms with Gasteiger partial charge in [0.15, 0.2) is 0 Å². The Morgan fingerprint density at radius 1 is 1.17 bits per heavy atom. The molecule has 23 heavy (non-hydrogen) atoms. The molecular weight excluding hydrogens is 296 g/mol. The van der Waals surface area contributed by atoms with Gasteiger partial charge in [0.25, 0.3) is 5.91 Å². The normalized spacial score (nSPS) is 13.1. The first-order chi connectivity index (χ1) is 11.1. The Bertz CT molecular complexity index is 584. The van der Waals surface area contributed by atoms with Gasteiger partial charge in [-0.15, -0.1) is 0 Å². The highest BCUT2D eigenvalue weighted by Crippen LogP contribution is 2.20. The monoisotopic (exact) mass is 318 g/mol. The summed E-state index contributed by atoms with van der Waals surface area (Å²) < 4.78 is 0. The van der Waals surface area contributed by atoms with Crippen LogP contribution in [0.2, 0.25) is 0 Å². The van der Waals surface area contributed by atoms with Crippen LogP contribution >= 0.6 is 0 Å². The molecule has 1 saturated carbocycles. The molecule has 0 radical (unpaired) electrons. The lowest BCUT2D eigenvalue weighted by Crippen LogP contribution is -2.39. The van der Waals surface area contributed by atoms with E-state index < -0.39 is 6.03 Å². The predicted octanol–water partition coefficient (Wildman–Crippen LogP) is 1.23. The summed E-state index contributed by atoms with van der Waals surface area (Å²) in [7, 11) is 0. The smallest absolute Gasteiger partial charge is 0.319 e. The van der Waals surface area contributed by atoms with E-state index in [1.165, 1.54) is 0 Å². The third-order valence-electron chi connectivity index (χ3n) is 3.28. The number of amides is 4. The fourth-order valence-electron chi connectivity index (χ4n) is 1.90. The highest BCUT2D eigenvalue weighted by atomic mass is 16.2. The van der Waals surface area contributed by atoms with Gasteiger partial charge in [-0.05, 0) is 37.5 Å². The number of rotatable bonds is 7. The molecule has 1 fully saturated rings. The first kappa shape index (κ1) is 16.8. The molecule has 1 aliphatic rings. The molecular formula is C16H22N4O3. The maximum absolute atomic E-state index is 12.0. The highest BCUT2D eigenvalue weighted by molar-refractivity contribution is 5.97. The predicted molar refractivity (Wildman–Crippen MR) is 87.3 cm³/mol. The van der Waals surface area contributed by atoms with Crippen LogP contribution in [0, 0.1) is 0 Å². The third kappa shape index (κ3) is 5.98. The average molecular weight is 318 g/mol. The second-order valence-corrected chi connectivity index (χ2v) is 5.49. The van der Waals surface area contributed by atoms with E-state index in [4.69, 9.17) is 0 Å². The van der Waals surface area contributed by atoms with Gasteiger partial charge < -0.3 is 21.3 Å². The lowest BCUT2D eigenvalue weighted by Gasteiger charge is -2.09. The number of carbonyl (C=O) groups is 3. The van der Waals surface area contributed by atoms with E-state index in [2.05, 4.69) is 21.3 Å². The van der Waals surface area contributed by atoms with E-state index in [0.717, 1.165) is 19.3 Å². The van der Waals surface area contributed by atoms with Gasteiger partial charge in [0.05, 0.1) is 6.54 Å². The van der Waals surface area contributed by atoms with E-state index in [-0.39, 0.29) is 24.4 Å². The van der Waals surface area contributed by atoms with Crippen molar-refractivity contribution in [3.05, 3.63) is 29.8 Å². The molecule has 0 spiro atoms. The van der Waals surface area contributed by atoms with Gasteiger partial charge in [0, 0.05) is 23.8 Å². The van der Waals surface area contributed by atoms with Crippen molar-refractivity contribution in [2.45, 2.75) is 32.2 Å². The summed E-state index contributed by atoms with van der Waals surface area (Å²) in [6.45, 7) is 2.45. The van der Waals surface area contributed by atoms with Gasteiger partial charge in [0.1, 0.15) is 0 Å². The van der Waals surface area contributed by atoms with Crippen LogP contribution in [-0.2, 0) is 4.79 Å². The van der Waals surface area contributed by atoms with Crippen LogP contribution in [0.25, 0.3) is 0 Å². The average Bonchev–Trinajstić information content (AvgIpc) is 3.35. The molecule has 1 aromatic rings. The Hall–Kier alpha value is -2.57. The highest BCUT2D eigenvalue weighted by Gasteiger charge is 2.23. The van der Waals surface area contributed by atoms with Crippen molar-refractivity contribution in [1.82, 2.24) is 16.0 Å². The molecule has 0 unspecified atom stereocenters. The standard InChI is InChI=1S/C16H22N4O3/c1-2-8-17-14(21)10-18-16(23)20-13-5-3-4-11(9-13)15(22)19-12-6-7-12/h3-5,9,12H,2,6-8,10H2,1H3,(H,17,21)(H,19,22)(H2,18,20,23). The summed E-state index contributed by atoms with van der Waals surface area (Å²) in [5.41, 5.74) is 0.996. The van der Waals surface area contributed by atoms with E-state index >= 15 is 0 Å². The SMILES string of the molecule is CCCNC(=O)CNC(=O)Nc1cccc(C(=O)NC2CC2)c1. The van der Waals surface area contributed by atoms with Crippen molar-refractivity contribution in [1.29, 1.82) is 0 Å². The molecule has 0 bridgehead atoms. The third-order valence-corrected chi connectivity index (χ3v) is 3.28. The quantitative estimate of drug-likeness (QED) is 0.608. The molecule has 0 atom stereocenters. The molecule has 4 amide bonds. The zero-order valence-corrected chi connectivity index (χ0v) is 13.1. The van der Waals surface area contributed by atoms with Crippen LogP contribution in [0.4, 0.5) is 10.5 Å². The molecule has 1 aliphatic carbocycles. The molecule has 7 nitrogen and oxygen atoms in total. The number of benzene rings is 1. The number of anilines is 1. The molecule has 0 saturated heterocycles. The zero-order chi connectivity index (χ0) is 16.7. The molecule has 0 heterocycles. The summed E-state index contributed by atoms with van der Waals surface area (Å²) in [5.74, 6) is -0.380. The van der Waals surface area contributed by atoms with Gasteiger partial charge in [-0.3, -0.25) is 9.59 Å². The number of nitrogens with one attached hydrogen (secondary N) is 4. The molecule has 4 N–H and O–H groups in total. The van der Waals surface area contributed by atoms with Gasteiger partial charge in [-0.1, -0.05) is 13.0 Å². The first-order valence-electron chi connectivity index (χ1n) is 7.81. The minimum absolute atomic E-state index is 0.0896. The zero-order valence-electron chi connectivity index (χ0n) is 13.1. The molecule has 2 rings (SSSR count). The van der Waals surface area contributed by atoms with E-state index in [1.807, 2.05) is 6.92 Å². The van der Waals surface area contributed by atoms with Crippen LogP contribution < -0.4 is 21.3 Å². The maximum atomic E-state index is 12.0. The minimum atomic E-state index is -0.489. The molecule has 124 valence electrons. The Morgan fingerprint density at radius 2 is 1.96 bits per heavy atom. The van der Waals surface area contributed by atoms with Crippen molar-refractivity contribution >= 4 is 23.5 Å².